The third-order valence-electron chi connectivity index (χ3n) is 7.06. The SMILES string of the molecule is Nc1ncc(C2=NC(C3CCN(C(=O)c4ccncc4)CC3)(N3CCOCC3)N=C3N=NC=C32)cn1. The molecule has 0 radical (unpaired) electrons. The summed E-state index contributed by atoms with van der Waals surface area (Å²) in [7, 11) is 0. The molecule has 0 spiro atoms. The molecule has 0 aromatic carbocycles. The molecule has 12 nitrogen and oxygen atoms in total. The molecular formula is C24H26N10O2. The Morgan fingerprint density at radius 3 is 2.47 bits per heavy atom. The van der Waals surface area contributed by atoms with E-state index in [1.54, 1.807) is 43.1 Å². The van der Waals surface area contributed by atoms with Gasteiger partial charge in [0.25, 0.3) is 5.91 Å². The molecule has 0 saturated carbocycles. The molecule has 4 aliphatic rings. The van der Waals surface area contributed by atoms with Crippen LogP contribution in [0, 0.1) is 5.92 Å². The fraction of sp³-hybridized carbons (Fsp3) is 0.417. The van der Waals surface area contributed by atoms with Gasteiger partial charge in [0.05, 0.1) is 30.7 Å². The van der Waals surface area contributed by atoms with Gasteiger partial charge in [0, 0.05) is 68.0 Å². The van der Waals surface area contributed by atoms with E-state index in [9.17, 15) is 4.79 Å². The number of nitrogen functional groups attached to an aromatic ring is 1. The van der Waals surface area contributed by atoms with Gasteiger partial charge in [0.2, 0.25) is 11.7 Å². The number of aliphatic imine (C=N–C) groups is 2. The van der Waals surface area contributed by atoms with Gasteiger partial charge in [-0.3, -0.25) is 14.7 Å². The van der Waals surface area contributed by atoms with Crippen molar-refractivity contribution < 1.29 is 9.53 Å². The Balaban J connectivity index is 1.35. The third-order valence-corrected chi connectivity index (χ3v) is 7.06. The Kier molecular flexibility index (Phi) is 5.82. The largest absolute Gasteiger partial charge is 0.379 e. The lowest BCUT2D eigenvalue weighted by Crippen LogP contribution is -2.59. The predicted molar refractivity (Wildman–Crippen MR) is 131 cm³/mol. The number of amidine groups is 1. The van der Waals surface area contributed by atoms with Crippen LogP contribution in [0.2, 0.25) is 0 Å². The zero-order chi connectivity index (χ0) is 24.5. The Hall–Kier alpha value is -3.90. The smallest absolute Gasteiger partial charge is 0.253 e. The number of fused-ring (bicyclic) bond motifs is 1. The first-order valence-corrected chi connectivity index (χ1v) is 12.1. The second-order valence-electron chi connectivity index (χ2n) is 9.07. The number of nitrogens with two attached hydrogens (primary N) is 1. The molecule has 4 aliphatic heterocycles. The summed E-state index contributed by atoms with van der Waals surface area (Å²) in [5.74, 6) is -0.0542. The number of carbonyl (C=O) groups is 1. The summed E-state index contributed by atoms with van der Waals surface area (Å²) >= 11 is 0. The number of likely N-dealkylation sites (tertiary alicyclic amines) is 1. The van der Waals surface area contributed by atoms with E-state index in [1.165, 1.54) is 0 Å². The maximum absolute atomic E-state index is 13.0. The molecule has 1 amide bonds. The quantitative estimate of drug-likeness (QED) is 0.689. The van der Waals surface area contributed by atoms with Crippen LogP contribution in [0.1, 0.15) is 28.8 Å². The molecule has 0 aliphatic carbocycles. The van der Waals surface area contributed by atoms with E-state index in [-0.39, 0.29) is 17.8 Å². The highest BCUT2D eigenvalue weighted by Gasteiger charge is 2.49. The lowest BCUT2D eigenvalue weighted by molar-refractivity contribution is -0.0508. The first-order chi connectivity index (χ1) is 17.6. The fourth-order valence-corrected chi connectivity index (χ4v) is 5.21. The lowest BCUT2D eigenvalue weighted by Gasteiger charge is -2.48. The number of carbonyl (C=O) groups excluding carboxylic acids is 1. The number of anilines is 1. The van der Waals surface area contributed by atoms with Crippen LogP contribution in [0.5, 0.6) is 0 Å². The van der Waals surface area contributed by atoms with Crippen molar-refractivity contribution >= 4 is 23.4 Å². The van der Waals surface area contributed by atoms with Crippen LogP contribution in [0.4, 0.5) is 5.95 Å². The number of ether oxygens (including phenoxy) is 1. The van der Waals surface area contributed by atoms with Crippen molar-refractivity contribution in [1.29, 1.82) is 0 Å². The minimum atomic E-state index is -0.887. The molecular weight excluding hydrogens is 460 g/mol. The molecule has 2 N–H and O–H groups in total. The van der Waals surface area contributed by atoms with Gasteiger partial charge < -0.3 is 15.4 Å². The second kappa shape index (κ2) is 9.28. The Bertz CT molecular complexity index is 1260. The van der Waals surface area contributed by atoms with Crippen LogP contribution in [-0.2, 0) is 4.74 Å². The van der Waals surface area contributed by atoms with Gasteiger partial charge in [0.15, 0.2) is 5.84 Å². The number of piperidine rings is 1. The normalized spacial score (nSPS) is 24.7. The van der Waals surface area contributed by atoms with Crippen molar-refractivity contribution in [3.63, 3.8) is 0 Å². The Morgan fingerprint density at radius 1 is 1.03 bits per heavy atom. The van der Waals surface area contributed by atoms with Crippen molar-refractivity contribution in [1.82, 2.24) is 24.8 Å². The van der Waals surface area contributed by atoms with Crippen molar-refractivity contribution in [3.8, 4) is 0 Å². The lowest BCUT2D eigenvalue weighted by atomic mass is 9.86. The molecule has 2 aromatic rings. The van der Waals surface area contributed by atoms with Gasteiger partial charge in [-0.15, -0.1) is 5.11 Å². The molecule has 1 unspecified atom stereocenters. The van der Waals surface area contributed by atoms with Gasteiger partial charge in [-0.2, -0.15) is 5.11 Å². The number of morpholine rings is 1. The van der Waals surface area contributed by atoms with Crippen LogP contribution < -0.4 is 5.73 Å². The number of amides is 1. The number of rotatable bonds is 4. The predicted octanol–water partition coefficient (Wildman–Crippen LogP) is 1.54. The number of nitrogens with zero attached hydrogens (tertiary/aromatic N) is 9. The number of hydrogen-bond donors (Lipinski definition) is 1. The summed E-state index contributed by atoms with van der Waals surface area (Å²) in [6, 6.07) is 3.50. The zero-order valence-electron chi connectivity index (χ0n) is 19.7. The molecule has 0 bridgehead atoms. The van der Waals surface area contributed by atoms with Crippen molar-refractivity contribution in [2.75, 3.05) is 45.1 Å². The molecule has 2 aromatic heterocycles. The van der Waals surface area contributed by atoms with Crippen LogP contribution >= 0.6 is 0 Å². The molecule has 1 atom stereocenters. The van der Waals surface area contributed by atoms with Gasteiger partial charge in [-0.05, 0) is 25.0 Å². The average Bonchev–Trinajstić information content (AvgIpc) is 3.42. The van der Waals surface area contributed by atoms with E-state index < -0.39 is 5.79 Å². The summed E-state index contributed by atoms with van der Waals surface area (Å²) < 4.78 is 5.65. The highest BCUT2D eigenvalue weighted by atomic mass is 16.5. The molecule has 2 fully saturated rings. The maximum Gasteiger partial charge on any atom is 0.253 e. The van der Waals surface area contributed by atoms with Crippen LogP contribution in [0.15, 0.2) is 68.9 Å². The molecule has 36 heavy (non-hydrogen) atoms. The van der Waals surface area contributed by atoms with E-state index in [0.29, 0.717) is 56.5 Å². The summed E-state index contributed by atoms with van der Waals surface area (Å²) in [6.45, 7) is 3.82. The standard InChI is InChI=1S/C24H26N10O2/c25-23-27-13-17(14-28-23)20-19-15-29-32-21(19)31-24(30-20,34-9-11-36-12-10-34)18-3-7-33(8-4-18)22(35)16-1-5-26-6-2-16/h1-2,5-6,13-15,18H,3-4,7-12H2,(H2,25,27,28). The fourth-order valence-electron chi connectivity index (χ4n) is 5.21. The molecule has 6 heterocycles. The van der Waals surface area contributed by atoms with Crippen molar-refractivity contribution in [2.24, 2.45) is 26.1 Å². The van der Waals surface area contributed by atoms with Crippen LogP contribution in [0.25, 0.3) is 0 Å². The minimum absolute atomic E-state index is 0.0178. The van der Waals surface area contributed by atoms with E-state index in [2.05, 4.69) is 30.1 Å². The van der Waals surface area contributed by atoms with E-state index in [0.717, 1.165) is 24.0 Å². The van der Waals surface area contributed by atoms with Crippen LogP contribution in [-0.4, -0.2) is 87.4 Å². The van der Waals surface area contributed by atoms with E-state index >= 15 is 0 Å². The van der Waals surface area contributed by atoms with Gasteiger partial charge in [-0.25, -0.2) is 20.0 Å². The number of azo groups is 1. The van der Waals surface area contributed by atoms with Crippen LogP contribution in [0.3, 0.4) is 0 Å². The van der Waals surface area contributed by atoms with Crippen molar-refractivity contribution in [2.45, 2.75) is 18.6 Å². The number of pyridine rings is 1. The third kappa shape index (κ3) is 3.97. The summed E-state index contributed by atoms with van der Waals surface area (Å²) in [6.07, 6.45) is 9.79. The minimum Gasteiger partial charge on any atom is -0.379 e. The Labute approximate surface area is 207 Å². The summed E-state index contributed by atoms with van der Waals surface area (Å²) in [4.78, 5) is 40.0. The number of hydrogen-bond acceptors (Lipinski definition) is 11. The first kappa shape index (κ1) is 22.6. The summed E-state index contributed by atoms with van der Waals surface area (Å²) in [5, 5.41) is 8.46. The first-order valence-electron chi connectivity index (χ1n) is 12.1. The van der Waals surface area contributed by atoms with E-state index in [4.69, 9.17) is 20.5 Å². The van der Waals surface area contributed by atoms with E-state index in [1.807, 2.05) is 4.90 Å². The maximum atomic E-state index is 13.0. The second-order valence-corrected chi connectivity index (χ2v) is 9.07. The van der Waals surface area contributed by atoms with Gasteiger partial charge in [-0.1, -0.05) is 0 Å². The molecule has 184 valence electrons. The topological polar surface area (TPSA) is 147 Å². The highest BCUT2D eigenvalue weighted by Crippen LogP contribution is 2.41. The zero-order valence-corrected chi connectivity index (χ0v) is 19.7. The Morgan fingerprint density at radius 2 is 1.75 bits per heavy atom. The number of aromatic nitrogens is 3. The van der Waals surface area contributed by atoms with Gasteiger partial charge in [0.1, 0.15) is 0 Å². The summed E-state index contributed by atoms with van der Waals surface area (Å²) in [5.41, 5.74) is 8.56. The monoisotopic (exact) mass is 486 g/mol. The van der Waals surface area contributed by atoms with Crippen molar-refractivity contribution in [3.05, 3.63) is 59.8 Å². The highest BCUT2D eigenvalue weighted by molar-refractivity contribution is 6.31. The molecule has 2 saturated heterocycles. The average molecular weight is 487 g/mol. The molecule has 12 heteroatoms. The van der Waals surface area contributed by atoms with Gasteiger partial charge >= 0.3 is 0 Å². The molecule has 6 rings (SSSR count).